The predicted molar refractivity (Wildman–Crippen MR) is 56.7 cm³/mol. The van der Waals surface area contributed by atoms with Crippen LogP contribution in [0.5, 0.6) is 0 Å². The molecular formula is C12H23N. The first-order chi connectivity index (χ1) is 6.30. The molecule has 3 unspecified atom stereocenters. The minimum atomic E-state index is 0.693. The summed E-state index contributed by atoms with van der Waals surface area (Å²) in [6, 6.07) is 0. The van der Waals surface area contributed by atoms with Crippen LogP contribution < -0.4 is 5.32 Å². The topological polar surface area (TPSA) is 12.0 Å². The van der Waals surface area contributed by atoms with E-state index in [2.05, 4.69) is 19.2 Å². The molecule has 3 atom stereocenters. The molecule has 2 aliphatic rings. The van der Waals surface area contributed by atoms with E-state index in [0.717, 1.165) is 18.4 Å². The third-order valence-corrected chi connectivity index (χ3v) is 4.53. The fourth-order valence-corrected chi connectivity index (χ4v) is 3.71. The molecule has 0 saturated heterocycles. The van der Waals surface area contributed by atoms with Gasteiger partial charge in [0, 0.05) is 6.54 Å². The fourth-order valence-electron chi connectivity index (χ4n) is 3.71. The molecule has 0 aromatic heterocycles. The van der Waals surface area contributed by atoms with Crippen molar-refractivity contribution in [3.05, 3.63) is 0 Å². The standard InChI is InChI=1S/C12H23N/c1-3-12(9-13-4-2)8-10-5-6-11(12)7-10/h10-11,13H,3-9H2,1-2H3. The fraction of sp³-hybridized carbons (Fsp3) is 1.00. The lowest BCUT2D eigenvalue weighted by atomic mass is 9.71. The molecule has 0 amide bonds. The van der Waals surface area contributed by atoms with Crippen LogP contribution in [0.1, 0.15) is 46.0 Å². The van der Waals surface area contributed by atoms with Gasteiger partial charge in [0.25, 0.3) is 0 Å². The first kappa shape index (κ1) is 9.51. The van der Waals surface area contributed by atoms with E-state index in [9.17, 15) is 0 Å². The molecule has 2 aliphatic carbocycles. The normalized spacial score (nSPS) is 42.9. The van der Waals surface area contributed by atoms with Crippen molar-refractivity contribution in [3.63, 3.8) is 0 Å². The molecule has 0 aliphatic heterocycles. The highest BCUT2D eigenvalue weighted by molar-refractivity contribution is 5.00. The van der Waals surface area contributed by atoms with Crippen molar-refractivity contribution in [3.8, 4) is 0 Å². The van der Waals surface area contributed by atoms with Gasteiger partial charge in [-0.15, -0.1) is 0 Å². The summed E-state index contributed by atoms with van der Waals surface area (Å²) in [7, 11) is 0. The maximum Gasteiger partial charge on any atom is 0.00103 e. The molecule has 2 saturated carbocycles. The Morgan fingerprint density at radius 2 is 2.15 bits per heavy atom. The Morgan fingerprint density at radius 1 is 1.31 bits per heavy atom. The minimum absolute atomic E-state index is 0.693. The SMILES string of the molecule is CCNCC1(CC)CC2CCC1C2. The lowest BCUT2D eigenvalue weighted by Crippen LogP contribution is -2.38. The second kappa shape index (κ2) is 3.61. The molecule has 2 fully saturated rings. The second-order valence-corrected chi connectivity index (χ2v) is 5.08. The van der Waals surface area contributed by atoms with Gasteiger partial charge in [-0.3, -0.25) is 0 Å². The quantitative estimate of drug-likeness (QED) is 0.703. The first-order valence-electron chi connectivity index (χ1n) is 6.01. The lowest BCUT2D eigenvalue weighted by molar-refractivity contribution is 0.151. The van der Waals surface area contributed by atoms with Crippen LogP contribution in [0.2, 0.25) is 0 Å². The molecule has 76 valence electrons. The number of fused-ring (bicyclic) bond motifs is 2. The van der Waals surface area contributed by atoms with Crippen molar-refractivity contribution in [2.45, 2.75) is 46.0 Å². The van der Waals surface area contributed by atoms with Gasteiger partial charge in [0.15, 0.2) is 0 Å². The Kier molecular flexibility index (Phi) is 2.64. The van der Waals surface area contributed by atoms with Crippen LogP contribution in [0.15, 0.2) is 0 Å². The molecule has 0 spiro atoms. The zero-order valence-electron chi connectivity index (χ0n) is 9.10. The number of hydrogen-bond donors (Lipinski definition) is 1. The van der Waals surface area contributed by atoms with Gasteiger partial charge in [0.1, 0.15) is 0 Å². The molecule has 0 aromatic rings. The van der Waals surface area contributed by atoms with Gasteiger partial charge in [-0.1, -0.05) is 20.3 Å². The van der Waals surface area contributed by atoms with E-state index >= 15 is 0 Å². The number of hydrogen-bond acceptors (Lipinski definition) is 1. The van der Waals surface area contributed by atoms with Gasteiger partial charge in [0.2, 0.25) is 0 Å². The smallest absolute Gasteiger partial charge is 0.00103 e. The largest absolute Gasteiger partial charge is 0.316 e. The summed E-state index contributed by atoms with van der Waals surface area (Å²) in [5.74, 6) is 2.14. The number of rotatable bonds is 4. The Bertz CT molecular complexity index is 178. The highest BCUT2D eigenvalue weighted by Crippen LogP contribution is 2.57. The Balaban J connectivity index is 1.99. The maximum atomic E-state index is 3.57. The molecule has 0 radical (unpaired) electrons. The summed E-state index contributed by atoms with van der Waals surface area (Å²) in [5, 5.41) is 3.57. The summed E-state index contributed by atoms with van der Waals surface area (Å²) in [6.45, 7) is 7.02. The van der Waals surface area contributed by atoms with Crippen LogP contribution in [0, 0.1) is 17.3 Å². The molecule has 0 aromatic carbocycles. The molecule has 13 heavy (non-hydrogen) atoms. The van der Waals surface area contributed by atoms with Gasteiger partial charge in [-0.05, 0) is 49.5 Å². The summed E-state index contributed by atoms with van der Waals surface area (Å²) >= 11 is 0. The zero-order chi connectivity index (χ0) is 9.31. The summed E-state index contributed by atoms with van der Waals surface area (Å²) in [4.78, 5) is 0. The van der Waals surface area contributed by atoms with Crippen molar-refractivity contribution >= 4 is 0 Å². The molecule has 2 rings (SSSR count). The Labute approximate surface area is 82.3 Å². The zero-order valence-corrected chi connectivity index (χ0v) is 9.10. The van der Waals surface area contributed by atoms with Gasteiger partial charge in [-0.25, -0.2) is 0 Å². The highest BCUT2D eigenvalue weighted by Gasteiger charge is 2.49. The van der Waals surface area contributed by atoms with Crippen molar-refractivity contribution < 1.29 is 0 Å². The number of nitrogens with one attached hydrogen (secondary N) is 1. The minimum Gasteiger partial charge on any atom is -0.316 e. The van der Waals surface area contributed by atoms with E-state index in [1.807, 2.05) is 0 Å². The van der Waals surface area contributed by atoms with E-state index < -0.39 is 0 Å². The molecule has 1 nitrogen and oxygen atoms in total. The van der Waals surface area contributed by atoms with Crippen LogP contribution in [0.3, 0.4) is 0 Å². The predicted octanol–water partition coefficient (Wildman–Crippen LogP) is 2.81. The average Bonchev–Trinajstić information content (AvgIpc) is 2.74. The molecule has 0 heterocycles. The van der Waals surface area contributed by atoms with Crippen LogP contribution in [0.25, 0.3) is 0 Å². The van der Waals surface area contributed by atoms with Gasteiger partial charge in [-0.2, -0.15) is 0 Å². The van der Waals surface area contributed by atoms with E-state index in [1.165, 1.54) is 32.2 Å². The summed E-state index contributed by atoms with van der Waals surface area (Å²) in [6.07, 6.45) is 7.49. The van der Waals surface area contributed by atoms with Crippen LogP contribution >= 0.6 is 0 Å². The van der Waals surface area contributed by atoms with Crippen molar-refractivity contribution in [1.82, 2.24) is 5.32 Å². The Hall–Kier alpha value is -0.0400. The first-order valence-corrected chi connectivity index (χ1v) is 6.01. The average molecular weight is 181 g/mol. The Morgan fingerprint density at radius 3 is 2.62 bits per heavy atom. The molecular weight excluding hydrogens is 158 g/mol. The lowest BCUT2D eigenvalue weighted by Gasteiger charge is -2.37. The maximum absolute atomic E-state index is 3.57. The molecule has 1 N–H and O–H groups in total. The second-order valence-electron chi connectivity index (χ2n) is 5.08. The third-order valence-electron chi connectivity index (χ3n) is 4.53. The summed E-state index contributed by atoms with van der Waals surface area (Å²) in [5.41, 5.74) is 0.693. The highest BCUT2D eigenvalue weighted by atomic mass is 14.9. The third kappa shape index (κ3) is 1.52. The van der Waals surface area contributed by atoms with Crippen molar-refractivity contribution in [2.75, 3.05) is 13.1 Å². The van der Waals surface area contributed by atoms with E-state index in [-0.39, 0.29) is 0 Å². The van der Waals surface area contributed by atoms with E-state index in [4.69, 9.17) is 0 Å². The van der Waals surface area contributed by atoms with Gasteiger partial charge < -0.3 is 5.32 Å². The van der Waals surface area contributed by atoms with Crippen LogP contribution in [0.4, 0.5) is 0 Å². The van der Waals surface area contributed by atoms with E-state index in [0.29, 0.717) is 5.41 Å². The van der Waals surface area contributed by atoms with Crippen LogP contribution in [-0.2, 0) is 0 Å². The van der Waals surface area contributed by atoms with Gasteiger partial charge >= 0.3 is 0 Å². The monoisotopic (exact) mass is 181 g/mol. The van der Waals surface area contributed by atoms with Gasteiger partial charge in [0.05, 0.1) is 0 Å². The van der Waals surface area contributed by atoms with E-state index in [1.54, 1.807) is 6.42 Å². The van der Waals surface area contributed by atoms with Crippen molar-refractivity contribution in [2.24, 2.45) is 17.3 Å². The molecule has 1 heteroatoms. The summed E-state index contributed by atoms with van der Waals surface area (Å²) < 4.78 is 0. The van der Waals surface area contributed by atoms with Crippen LogP contribution in [-0.4, -0.2) is 13.1 Å². The molecule has 2 bridgehead atoms. The van der Waals surface area contributed by atoms with Crippen molar-refractivity contribution in [1.29, 1.82) is 0 Å².